The highest BCUT2D eigenvalue weighted by Gasteiger charge is 2.14. The van der Waals surface area contributed by atoms with Gasteiger partial charge in [-0.25, -0.2) is 4.98 Å². The van der Waals surface area contributed by atoms with Crippen molar-refractivity contribution >= 4 is 5.82 Å². The Morgan fingerprint density at radius 2 is 1.82 bits per heavy atom. The van der Waals surface area contributed by atoms with Gasteiger partial charge in [0.2, 0.25) is 0 Å². The largest absolute Gasteiger partial charge is 0.496 e. The first-order chi connectivity index (χ1) is 8.13. The van der Waals surface area contributed by atoms with E-state index in [1.54, 1.807) is 19.5 Å². The van der Waals surface area contributed by atoms with E-state index in [1.165, 1.54) is 0 Å². The number of benzene rings is 1. The normalized spacial score (nSPS) is 10.3. The van der Waals surface area contributed by atoms with Crippen LogP contribution >= 0.6 is 0 Å². The second-order valence-electron chi connectivity index (χ2n) is 3.95. The number of rotatable bonds is 2. The molecule has 2 rings (SSSR count). The molecule has 1 heterocycles. The highest BCUT2D eigenvalue weighted by Crippen LogP contribution is 2.34. The van der Waals surface area contributed by atoms with Gasteiger partial charge in [-0.15, -0.1) is 0 Å². The number of aromatic nitrogens is 2. The van der Waals surface area contributed by atoms with Crippen molar-refractivity contribution in [1.29, 1.82) is 0 Å². The fraction of sp³-hybridized carbons (Fsp3) is 0.231. The van der Waals surface area contributed by atoms with Gasteiger partial charge in [-0.2, -0.15) is 0 Å². The third-order valence-corrected chi connectivity index (χ3v) is 2.63. The molecule has 0 radical (unpaired) electrons. The molecule has 0 aliphatic heterocycles. The van der Waals surface area contributed by atoms with E-state index in [0.717, 1.165) is 22.4 Å². The van der Waals surface area contributed by atoms with E-state index in [1.807, 2.05) is 19.9 Å². The molecule has 2 aromatic rings. The van der Waals surface area contributed by atoms with Gasteiger partial charge in [0.25, 0.3) is 0 Å². The maximum Gasteiger partial charge on any atom is 0.150 e. The zero-order chi connectivity index (χ0) is 12.4. The summed E-state index contributed by atoms with van der Waals surface area (Å²) in [6.07, 6.45) is 3.21. The summed E-state index contributed by atoms with van der Waals surface area (Å²) in [6, 6.07) is 4.04. The van der Waals surface area contributed by atoms with Crippen LogP contribution in [0.15, 0.2) is 24.5 Å². The molecule has 4 nitrogen and oxygen atoms in total. The van der Waals surface area contributed by atoms with Crippen LogP contribution in [-0.2, 0) is 0 Å². The summed E-state index contributed by atoms with van der Waals surface area (Å²) in [5.74, 6) is 1.19. The minimum absolute atomic E-state index is 0.415. The van der Waals surface area contributed by atoms with Crippen LogP contribution in [0.5, 0.6) is 5.75 Å². The summed E-state index contributed by atoms with van der Waals surface area (Å²) in [4.78, 5) is 8.33. The summed E-state index contributed by atoms with van der Waals surface area (Å²) in [6.45, 7) is 4.04. The fourth-order valence-corrected chi connectivity index (χ4v) is 1.93. The number of hydrogen-bond acceptors (Lipinski definition) is 4. The van der Waals surface area contributed by atoms with Gasteiger partial charge in [0.1, 0.15) is 17.3 Å². The monoisotopic (exact) mass is 229 g/mol. The molecule has 4 heteroatoms. The van der Waals surface area contributed by atoms with Gasteiger partial charge in [0.15, 0.2) is 0 Å². The van der Waals surface area contributed by atoms with Crippen LogP contribution in [0.2, 0.25) is 0 Å². The van der Waals surface area contributed by atoms with E-state index in [4.69, 9.17) is 10.5 Å². The van der Waals surface area contributed by atoms with Crippen LogP contribution in [0.4, 0.5) is 5.82 Å². The molecule has 0 saturated carbocycles. The first kappa shape index (κ1) is 11.4. The Kier molecular flexibility index (Phi) is 2.95. The first-order valence-electron chi connectivity index (χ1n) is 5.35. The average molecular weight is 229 g/mol. The molecule has 2 N–H and O–H groups in total. The molecule has 0 amide bonds. The number of hydrogen-bond donors (Lipinski definition) is 1. The van der Waals surface area contributed by atoms with Gasteiger partial charge in [0.05, 0.1) is 7.11 Å². The zero-order valence-electron chi connectivity index (χ0n) is 10.2. The lowest BCUT2D eigenvalue weighted by Gasteiger charge is -2.13. The Hall–Kier alpha value is -2.10. The molecule has 0 atom stereocenters. The molecule has 88 valence electrons. The molecule has 0 aliphatic rings. The van der Waals surface area contributed by atoms with Gasteiger partial charge in [0, 0.05) is 18.0 Å². The Labute approximate surface area is 100 Å². The molecule has 0 spiro atoms. The third-order valence-electron chi connectivity index (χ3n) is 2.63. The molecule has 1 aromatic carbocycles. The lowest BCUT2D eigenvalue weighted by atomic mass is 10.0. The molecular formula is C13H15N3O. The predicted molar refractivity (Wildman–Crippen MR) is 67.9 cm³/mol. The number of nitrogens with two attached hydrogens (primary N) is 1. The van der Waals surface area contributed by atoms with Crippen LogP contribution in [0.25, 0.3) is 11.3 Å². The second kappa shape index (κ2) is 4.41. The van der Waals surface area contributed by atoms with Crippen LogP contribution in [0, 0.1) is 13.8 Å². The molecule has 17 heavy (non-hydrogen) atoms. The zero-order valence-corrected chi connectivity index (χ0v) is 10.2. The van der Waals surface area contributed by atoms with E-state index in [9.17, 15) is 0 Å². The standard InChI is InChI=1S/C13H15N3O/c1-8-6-9(2)11(10(7-8)17-3)12-13(14)16-5-4-15-12/h4-7H,1-3H3,(H2,14,16). The van der Waals surface area contributed by atoms with Crippen molar-refractivity contribution in [2.45, 2.75) is 13.8 Å². The quantitative estimate of drug-likeness (QED) is 0.858. The third kappa shape index (κ3) is 2.06. The Balaban J connectivity index is 2.71. The smallest absolute Gasteiger partial charge is 0.150 e. The predicted octanol–water partition coefficient (Wildman–Crippen LogP) is 2.35. The summed E-state index contributed by atoms with van der Waals surface area (Å²) in [5, 5.41) is 0. The molecule has 1 aromatic heterocycles. The minimum atomic E-state index is 0.415. The molecule has 0 unspecified atom stereocenters. The summed E-state index contributed by atoms with van der Waals surface area (Å²) < 4.78 is 5.39. The Morgan fingerprint density at radius 3 is 2.47 bits per heavy atom. The van der Waals surface area contributed by atoms with Crippen molar-refractivity contribution in [2.75, 3.05) is 12.8 Å². The molecule has 0 saturated heterocycles. The second-order valence-corrected chi connectivity index (χ2v) is 3.95. The van der Waals surface area contributed by atoms with Crippen LogP contribution in [-0.4, -0.2) is 17.1 Å². The van der Waals surface area contributed by atoms with Crippen molar-refractivity contribution in [3.63, 3.8) is 0 Å². The van der Waals surface area contributed by atoms with Gasteiger partial charge in [-0.1, -0.05) is 6.07 Å². The Morgan fingerprint density at radius 1 is 1.12 bits per heavy atom. The van der Waals surface area contributed by atoms with Gasteiger partial charge in [-0.05, 0) is 31.0 Å². The maximum atomic E-state index is 5.85. The highest BCUT2D eigenvalue weighted by atomic mass is 16.5. The van der Waals surface area contributed by atoms with E-state index < -0.39 is 0 Å². The highest BCUT2D eigenvalue weighted by molar-refractivity contribution is 5.78. The number of aryl methyl sites for hydroxylation is 2. The van der Waals surface area contributed by atoms with Crippen molar-refractivity contribution in [3.8, 4) is 17.0 Å². The lowest BCUT2D eigenvalue weighted by Crippen LogP contribution is -2.00. The van der Waals surface area contributed by atoms with Gasteiger partial charge in [-0.3, -0.25) is 4.98 Å². The molecule has 0 aliphatic carbocycles. The van der Waals surface area contributed by atoms with Crippen LogP contribution in [0.1, 0.15) is 11.1 Å². The van der Waals surface area contributed by atoms with E-state index >= 15 is 0 Å². The lowest BCUT2D eigenvalue weighted by molar-refractivity contribution is 0.415. The van der Waals surface area contributed by atoms with Gasteiger partial charge < -0.3 is 10.5 Å². The first-order valence-corrected chi connectivity index (χ1v) is 5.35. The average Bonchev–Trinajstić information content (AvgIpc) is 2.29. The summed E-state index contributed by atoms with van der Waals surface area (Å²) in [5.41, 5.74) is 9.65. The van der Waals surface area contributed by atoms with Crippen molar-refractivity contribution in [1.82, 2.24) is 9.97 Å². The SMILES string of the molecule is COc1cc(C)cc(C)c1-c1nccnc1N. The van der Waals surface area contributed by atoms with E-state index in [0.29, 0.717) is 11.5 Å². The van der Waals surface area contributed by atoms with Gasteiger partial charge >= 0.3 is 0 Å². The van der Waals surface area contributed by atoms with E-state index in [-0.39, 0.29) is 0 Å². The molecule has 0 bridgehead atoms. The van der Waals surface area contributed by atoms with Crippen LogP contribution in [0.3, 0.4) is 0 Å². The number of nitrogen functional groups attached to an aromatic ring is 1. The number of methoxy groups -OCH3 is 1. The molecular weight excluding hydrogens is 214 g/mol. The van der Waals surface area contributed by atoms with Crippen molar-refractivity contribution in [3.05, 3.63) is 35.7 Å². The number of anilines is 1. The summed E-state index contributed by atoms with van der Waals surface area (Å²) in [7, 11) is 1.64. The Bertz CT molecular complexity index is 552. The number of nitrogens with zero attached hydrogens (tertiary/aromatic N) is 2. The van der Waals surface area contributed by atoms with Crippen LogP contribution < -0.4 is 10.5 Å². The number of ether oxygens (including phenoxy) is 1. The maximum absolute atomic E-state index is 5.85. The van der Waals surface area contributed by atoms with E-state index in [2.05, 4.69) is 16.0 Å². The molecule has 0 fully saturated rings. The topological polar surface area (TPSA) is 61.0 Å². The fourth-order valence-electron chi connectivity index (χ4n) is 1.93. The van der Waals surface area contributed by atoms with Crippen molar-refractivity contribution < 1.29 is 4.74 Å². The van der Waals surface area contributed by atoms with Crippen molar-refractivity contribution in [2.24, 2.45) is 0 Å². The summed E-state index contributed by atoms with van der Waals surface area (Å²) >= 11 is 0. The minimum Gasteiger partial charge on any atom is -0.496 e.